The number of benzene rings is 1. The van der Waals surface area contributed by atoms with Crippen LogP contribution in [0.25, 0.3) is 0 Å². The first-order chi connectivity index (χ1) is 8.61. The van der Waals surface area contributed by atoms with E-state index in [0.717, 1.165) is 0 Å². The Morgan fingerprint density at radius 1 is 1.33 bits per heavy atom. The van der Waals surface area contributed by atoms with Crippen LogP contribution in [0.15, 0.2) is 30.3 Å². The fourth-order valence-corrected chi connectivity index (χ4v) is 1.50. The van der Waals surface area contributed by atoms with Crippen LogP contribution < -0.4 is 5.32 Å². The summed E-state index contributed by atoms with van der Waals surface area (Å²) in [5.74, 6) is -0.379. The highest BCUT2D eigenvalue weighted by molar-refractivity contribution is 5.92. The second kappa shape index (κ2) is 7.73. The summed E-state index contributed by atoms with van der Waals surface area (Å²) in [5, 5.41) is 11.3. The van der Waals surface area contributed by atoms with Crippen LogP contribution in [0.1, 0.15) is 0 Å². The van der Waals surface area contributed by atoms with Crippen molar-refractivity contribution in [3.63, 3.8) is 0 Å². The van der Waals surface area contributed by atoms with Crippen LogP contribution in [0.3, 0.4) is 0 Å². The molecule has 1 aromatic rings. The first-order valence-corrected chi connectivity index (χ1v) is 5.58. The number of aliphatic hydroxyl groups is 1. The van der Waals surface area contributed by atoms with Crippen molar-refractivity contribution >= 4 is 11.6 Å². The summed E-state index contributed by atoms with van der Waals surface area (Å²) in [6.45, 7) is -0.902. The van der Waals surface area contributed by atoms with E-state index in [0.29, 0.717) is 5.69 Å². The number of rotatable bonds is 7. The van der Waals surface area contributed by atoms with Gasteiger partial charge in [-0.15, -0.1) is 0 Å². The lowest BCUT2D eigenvalue weighted by Crippen LogP contribution is -2.38. The number of amides is 1. The molecule has 0 saturated carbocycles. The number of hydrogen-bond acceptors (Lipinski definition) is 3. The Morgan fingerprint density at radius 2 is 2.00 bits per heavy atom. The molecule has 2 N–H and O–H groups in total. The molecule has 0 saturated heterocycles. The van der Waals surface area contributed by atoms with Crippen molar-refractivity contribution in [2.24, 2.45) is 0 Å². The lowest BCUT2D eigenvalue weighted by molar-refractivity contribution is -0.117. The molecule has 1 rings (SSSR count). The first kappa shape index (κ1) is 14.5. The average Bonchev–Trinajstić information content (AvgIpc) is 2.29. The topological polar surface area (TPSA) is 52.6 Å². The van der Waals surface area contributed by atoms with E-state index in [9.17, 15) is 13.6 Å². The van der Waals surface area contributed by atoms with Gasteiger partial charge in [0.25, 0.3) is 6.43 Å². The van der Waals surface area contributed by atoms with Crippen molar-refractivity contribution in [3.8, 4) is 0 Å². The molecular weight excluding hydrogens is 242 g/mol. The summed E-state index contributed by atoms with van der Waals surface area (Å²) in [6.07, 6.45) is -2.53. The minimum absolute atomic E-state index is 0.0482. The van der Waals surface area contributed by atoms with Gasteiger partial charge >= 0.3 is 0 Å². The van der Waals surface area contributed by atoms with E-state index in [-0.39, 0.29) is 25.6 Å². The molecule has 6 heteroatoms. The van der Waals surface area contributed by atoms with Crippen LogP contribution in [-0.4, -0.2) is 48.6 Å². The van der Waals surface area contributed by atoms with Gasteiger partial charge in [-0.2, -0.15) is 0 Å². The summed E-state index contributed by atoms with van der Waals surface area (Å²) >= 11 is 0. The van der Waals surface area contributed by atoms with Gasteiger partial charge in [-0.3, -0.25) is 9.69 Å². The average molecular weight is 258 g/mol. The van der Waals surface area contributed by atoms with Crippen LogP contribution in [0.4, 0.5) is 14.5 Å². The van der Waals surface area contributed by atoms with E-state index in [1.54, 1.807) is 24.3 Å². The smallest absolute Gasteiger partial charge is 0.251 e. The quantitative estimate of drug-likeness (QED) is 0.772. The van der Waals surface area contributed by atoms with E-state index in [4.69, 9.17) is 5.11 Å². The zero-order valence-electron chi connectivity index (χ0n) is 9.85. The molecule has 0 radical (unpaired) electrons. The molecule has 0 aliphatic carbocycles. The van der Waals surface area contributed by atoms with E-state index >= 15 is 0 Å². The second-order valence-corrected chi connectivity index (χ2v) is 3.76. The van der Waals surface area contributed by atoms with Crippen molar-refractivity contribution in [3.05, 3.63) is 30.3 Å². The molecule has 0 fully saturated rings. The van der Waals surface area contributed by atoms with Gasteiger partial charge in [-0.1, -0.05) is 18.2 Å². The molecule has 0 spiro atoms. The number of nitrogens with one attached hydrogen (secondary N) is 1. The van der Waals surface area contributed by atoms with E-state index < -0.39 is 13.0 Å². The molecule has 0 aliphatic heterocycles. The van der Waals surface area contributed by atoms with Crippen molar-refractivity contribution in [2.45, 2.75) is 6.43 Å². The molecular formula is C12H16F2N2O2. The maximum absolute atomic E-state index is 12.2. The van der Waals surface area contributed by atoms with Gasteiger partial charge in [0, 0.05) is 12.2 Å². The maximum atomic E-state index is 12.2. The first-order valence-electron chi connectivity index (χ1n) is 5.58. The Labute approximate surface area is 104 Å². The van der Waals surface area contributed by atoms with Gasteiger partial charge in [0.15, 0.2) is 0 Å². The lowest BCUT2D eigenvalue weighted by atomic mass is 10.3. The van der Waals surface area contributed by atoms with Crippen LogP contribution in [-0.2, 0) is 4.79 Å². The highest BCUT2D eigenvalue weighted by atomic mass is 19.3. The SMILES string of the molecule is O=C(CN(CCO)CC(F)F)Nc1ccccc1. The molecule has 100 valence electrons. The van der Waals surface area contributed by atoms with Gasteiger partial charge in [0.2, 0.25) is 5.91 Å². The number of carbonyl (C=O) groups excluding carboxylic acids is 1. The Hall–Kier alpha value is -1.53. The molecule has 0 atom stereocenters. The summed E-state index contributed by atoms with van der Waals surface area (Å²) < 4.78 is 24.5. The van der Waals surface area contributed by atoms with Crippen molar-refractivity contribution < 1.29 is 18.7 Å². The third kappa shape index (κ3) is 5.70. The molecule has 0 unspecified atom stereocenters. The number of nitrogens with zero attached hydrogens (tertiary/aromatic N) is 1. The van der Waals surface area contributed by atoms with Gasteiger partial charge < -0.3 is 10.4 Å². The molecule has 0 aliphatic rings. The molecule has 0 bridgehead atoms. The molecule has 4 nitrogen and oxygen atoms in total. The normalized spacial score (nSPS) is 10.9. The minimum atomic E-state index is -2.53. The number of anilines is 1. The highest BCUT2D eigenvalue weighted by Gasteiger charge is 2.15. The predicted molar refractivity (Wildman–Crippen MR) is 64.6 cm³/mol. The van der Waals surface area contributed by atoms with E-state index in [2.05, 4.69) is 5.32 Å². The number of halogens is 2. The number of carbonyl (C=O) groups is 1. The van der Waals surface area contributed by atoms with E-state index in [1.807, 2.05) is 6.07 Å². The van der Waals surface area contributed by atoms with Gasteiger partial charge in [0.1, 0.15) is 0 Å². The fourth-order valence-electron chi connectivity index (χ4n) is 1.50. The number of alkyl halides is 2. The summed E-state index contributed by atoms with van der Waals surface area (Å²) in [4.78, 5) is 12.8. The monoisotopic (exact) mass is 258 g/mol. The Morgan fingerprint density at radius 3 is 2.56 bits per heavy atom. The highest BCUT2D eigenvalue weighted by Crippen LogP contribution is 2.05. The second-order valence-electron chi connectivity index (χ2n) is 3.76. The summed E-state index contributed by atoms with van der Waals surface area (Å²) in [6, 6.07) is 8.76. The standard InChI is InChI=1S/C12H16F2N2O2/c13-11(14)8-16(6-7-17)9-12(18)15-10-4-2-1-3-5-10/h1-5,11,17H,6-9H2,(H,15,18). The molecule has 0 heterocycles. The van der Waals surface area contributed by atoms with Crippen LogP contribution in [0, 0.1) is 0 Å². The molecule has 0 aromatic heterocycles. The van der Waals surface area contributed by atoms with E-state index in [1.165, 1.54) is 4.90 Å². The molecule has 18 heavy (non-hydrogen) atoms. The Balaban J connectivity index is 2.45. The van der Waals surface area contributed by atoms with Gasteiger partial charge in [-0.05, 0) is 12.1 Å². The predicted octanol–water partition coefficient (Wildman–Crippen LogP) is 1.18. The molecule has 1 aromatic carbocycles. The third-order valence-corrected chi connectivity index (χ3v) is 2.24. The van der Waals surface area contributed by atoms with Gasteiger partial charge in [0.05, 0.1) is 19.7 Å². The van der Waals surface area contributed by atoms with Gasteiger partial charge in [-0.25, -0.2) is 8.78 Å². The lowest BCUT2D eigenvalue weighted by Gasteiger charge is -2.20. The van der Waals surface area contributed by atoms with Crippen molar-refractivity contribution in [1.29, 1.82) is 0 Å². The number of para-hydroxylation sites is 1. The largest absolute Gasteiger partial charge is 0.395 e. The Kier molecular flexibility index (Phi) is 6.24. The maximum Gasteiger partial charge on any atom is 0.251 e. The number of hydrogen-bond donors (Lipinski definition) is 2. The van der Waals surface area contributed by atoms with Crippen molar-refractivity contribution in [2.75, 3.05) is 31.6 Å². The fraction of sp³-hybridized carbons (Fsp3) is 0.417. The molecule has 1 amide bonds. The van der Waals surface area contributed by atoms with Crippen LogP contribution >= 0.6 is 0 Å². The summed E-state index contributed by atoms with van der Waals surface area (Å²) in [5.41, 5.74) is 0.614. The van der Waals surface area contributed by atoms with Crippen LogP contribution in [0.5, 0.6) is 0 Å². The minimum Gasteiger partial charge on any atom is -0.395 e. The zero-order valence-corrected chi connectivity index (χ0v) is 9.85. The third-order valence-electron chi connectivity index (χ3n) is 2.24. The number of aliphatic hydroxyl groups excluding tert-OH is 1. The zero-order chi connectivity index (χ0) is 13.4. The Bertz CT molecular complexity index is 360. The summed E-state index contributed by atoms with van der Waals surface area (Å²) in [7, 11) is 0. The van der Waals surface area contributed by atoms with Crippen LogP contribution in [0.2, 0.25) is 0 Å². The van der Waals surface area contributed by atoms with Crippen molar-refractivity contribution in [1.82, 2.24) is 4.90 Å².